The van der Waals surface area contributed by atoms with E-state index in [9.17, 15) is 23.3 Å². The van der Waals surface area contributed by atoms with Crippen LogP contribution in [0.1, 0.15) is 10.4 Å². The number of anilines is 1. The zero-order chi connectivity index (χ0) is 19.8. The molecule has 1 amide bonds. The van der Waals surface area contributed by atoms with Crippen molar-refractivity contribution in [2.45, 2.75) is 4.90 Å². The number of amides is 1. The standard InChI is InChI=1S/C16H14N4O5S2/c1-19(2)27(24,25)10-7-8-12-14(9-10)26-16(17-12)18-15(21)11-5-3-4-6-13(11)20(22)23/h3-9H,1-2H3,(H,17,18,21). The number of thiazole rings is 1. The van der Waals surface area contributed by atoms with Gasteiger partial charge >= 0.3 is 0 Å². The topological polar surface area (TPSA) is 123 Å². The summed E-state index contributed by atoms with van der Waals surface area (Å²) in [5.41, 5.74) is 0.115. The number of nitrogens with zero attached hydrogens (tertiary/aromatic N) is 3. The molecule has 0 bridgehead atoms. The molecule has 3 rings (SSSR count). The van der Waals surface area contributed by atoms with Gasteiger partial charge in [0, 0.05) is 20.2 Å². The van der Waals surface area contributed by atoms with Crippen molar-refractivity contribution in [3.8, 4) is 0 Å². The summed E-state index contributed by atoms with van der Waals surface area (Å²) in [6.45, 7) is 0. The second-order valence-corrected chi connectivity index (χ2v) is 8.85. The summed E-state index contributed by atoms with van der Waals surface area (Å²) in [7, 11) is -0.720. The lowest BCUT2D eigenvalue weighted by atomic mass is 10.1. The summed E-state index contributed by atoms with van der Waals surface area (Å²) in [5, 5.41) is 13.8. The molecule has 1 N–H and O–H groups in total. The van der Waals surface area contributed by atoms with Gasteiger partial charge in [0.2, 0.25) is 10.0 Å². The molecule has 11 heteroatoms. The molecule has 0 radical (unpaired) electrons. The van der Waals surface area contributed by atoms with E-state index >= 15 is 0 Å². The molecule has 0 aliphatic rings. The predicted molar refractivity (Wildman–Crippen MR) is 102 cm³/mol. The molecule has 2 aromatic carbocycles. The highest BCUT2D eigenvalue weighted by Crippen LogP contribution is 2.29. The Bertz CT molecular complexity index is 1150. The van der Waals surface area contributed by atoms with Crippen LogP contribution in [0.4, 0.5) is 10.8 Å². The van der Waals surface area contributed by atoms with Crippen LogP contribution < -0.4 is 5.32 Å². The number of fused-ring (bicyclic) bond motifs is 1. The molecular formula is C16H14N4O5S2. The van der Waals surface area contributed by atoms with Crippen molar-refractivity contribution in [3.63, 3.8) is 0 Å². The van der Waals surface area contributed by atoms with Gasteiger partial charge in [-0.05, 0) is 24.3 Å². The summed E-state index contributed by atoms with van der Waals surface area (Å²) in [6, 6.07) is 10.0. The Morgan fingerprint density at radius 2 is 1.93 bits per heavy atom. The quantitative estimate of drug-likeness (QED) is 0.513. The number of benzene rings is 2. The van der Waals surface area contributed by atoms with Crippen molar-refractivity contribution in [3.05, 3.63) is 58.1 Å². The van der Waals surface area contributed by atoms with Crippen LogP contribution in [0.25, 0.3) is 10.2 Å². The maximum atomic E-state index is 12.4. The molecule has 9 nitrogen and oxygen atoms in total. The molecule has 1 aromatic heterocycles. The van der Waals surface area contributed by atoms with Crippen molar-refractivity contribution in [2.24, 2.45) is 0 Å². The summed E-state index contributed by atoms with van der Waals surface area (Å²) in [6.07, 6.45) is 0. The van der Waals surface area contributed by atoms with Gasteiger partial charge < -0.3 is 0 Å². The molecule has 0 atom stereocenters. The number of carbonyl (C=O) groups is 1. The summed E-state index contributed by atoms with van der Waals surface area (Å²) in [5.74, 6) is -0.664. The second kappa shape index (κ2) is 7.02. The van der Waals surface area contributed by atoms with E-state index in [-0.39, 0.29) is 21.3 Å². The smallest absolute Gasteiger partial charge is 0.282 e. The maximum absolute atomic E-state index is 12.4. The van der Waals surface area contributed by atoms with Crippen LogP contribution in [-0.2, 0) is 10.0 Å². The number of aromatic nitrogens is 1. The number of nitro benzene ring substituents is 1. The van der Waals surface area contributed by atoms with E-state index in [1.807, 2.05) is 0 Å². The van der Waals surface area contributed by atoms with Gasteiger partial charge in [-0.1, -0.05) is 23.5 Å². The van der Waals surface area contributed by atoms with Crippen LogP contribution in [0.15, 0.2) is 47.4 Å². The highest BCUT2D eigenvalue weighted by atomic mass is 32.2. The number of hydrogen-bond donors (Lipinski definition) is 1. The first-order valence-corrected chi connectivity index (χ1v) is 9.83. The Kier molecular flexibility index (Phi) is 4.91. The van der Waals surface area contributed by atoms with Gasteiger partial charge in [-0.3, -0.25) is 20.2 Å². The Morgan fingerprint density at radius 3 is 2.59 bits per heavy atom. The van der Waals surface area contributed by atoms with Gasteiger partial charge in [0.1, 0.15) is 5.56 Å². The molecule has 0 spiro atoms. The Balaban J connectivity index is 1.93. The first-order valence-electron chi connectivity index (χ1n) is 7.58. The minimum atomic E-state index is -3.59. The van der Waals surface area contributed by atoms with Gasteiger partial charge in [-0.2, -0.15) is 0 Å². The minimum absolute atomic E-state index is 0.0855. The number of para-hydroxylation sites is 1. The van der Waals surface area contributed by atoms with Crippen LogP contribution in [0, 0.1) is 10.1 Å². The van der Waals surface area contributed by atoms with E-state index in [1.54, 1.807) is 6.07 Å². The number of carbonyl (C=O) groups excluding carboxylic acids is 1. The van der Waals surface area contributed by atoms with Crippen molar-refractivity contribution in [2.75, 3.05) is 19.4 Å². The van der Waals surface area contributed by atoms with Crippen LogP contribution in [0.2, 0.25) is 0 Å². The normalized spacial score (nSPS) is 11.7. The van der Waals surface area contributed by atoms with Crippen LogP contribution in [0.3, 0.4) is 0 Å². The predicted octanol–water partition coefficient (Wildman–Crippen LogP) is 2.71. The van der Waals surface area contributed by atoms with Crippen molar-refractivity contribution in [1.82, 2.24) is 9.29 Å². The summed E-state index contributed by atoms with van der Waals surface area (Å²) < 4.78 is 26.1. The first-order chi connectivity index (χ1) is 12.7. The second-order valence-electron chi connectivity index (χ2n) is 5.66. The lowest BCUT2D eigenvalue weighted by molar-refractivity contribution is -0.385. The van der Waals surface area contributed by atoms with Crippen LogP contribution >= 0.6 is 11.3 Å². The van der Waals surface area contributed by atoms with E-state index in [1.165, 1.54) is 50.5 Å². The van der Waals surface area contributed by atoms with E-state index in [2.05, 4.69) is 10.3 Å². The van der Waals surface area contributed by atoms with Crippen molar-refractivity contribution >= 4 is 48.3 Å². The van der Waals surface area contributed by atoms with Gasteiger partial charge in [0.15, 0.2) is 5.13 Å². The van der Waals surface area contributed by atoms with Crippen molar-refractivity contribution < 1.29 is 18.1 Å². The van der Waals surface area contributed by atoms with Gasteiger partial charge in [-0.25, -0.2) is 17.7 Å². The first kappa shape index (κ1) is 18.9. The average molecular weight is 406 g/mol. The Morgan fingerprint density at radius 1 is 1.22 bits per heavy atom. The zero-order valence-electron chi connectivity index (χ0n) is 14.2. The molecule has 0 aliphatic carbocycles. The largest absolute Gasteiger partial charge is 0.298 e. The van der Waals surface area contributed by atoms with Gasteiger partial charge in [0.25, 0.3) is 11.6 Å². The summed E-state index contributed by atoms with van der Waals surface area (Å²) >= 11 is 1.08. The van der Waals surface area contributed by atoms with E-state index in [0.717, 1.165) is 15.6 Å². The molecule has 0 aliphatic heterocycles. The maximum Gasteiger partial charge on any atom is 0.282 e. The van der Waals surface area contributed by atoms with E-state index < -0.39 is 20.9 Å². The SMILES string of the molecule is CN(C)S(=O)(=O)c1ccc2nc(NC(=O)c3ccccc3[N+](=O)[O-])sc2c1. The molecule has 0 saturated carbocycles. The lowest BCUT2D eigenvalue weighted by Crippen LogP contribution is -2.22. The minimum Gasteiger partial charge on any atom is -0.298 e. The van der Waals surface area contributed by atoms with E-state index in [0.29, 0.717) is 10.2 Å². The fraction of sp³-hybridized carbons (Fsp3) is 0.125. The number of sulfonamides is 1. The fourth-order valence-electron chi connectivity index (χ4n) is 2.32. The highest BCUT2D eigenvalue weighted by molar-refractivity contribution is 7.89. The summed E-state index contributed by atoms with van der Waals surface area (Å²) in [4.78, 5) is 27.1. The fourth-order valence-corrected chi connectivity index (χ4v) is 4.22. The third-order valence-electron chi connectivity index (χ3n) is 3.70. The average Bonchev–Trinajstić information content (AvgIpc) is 3.02. The number of nitrogens with one attached hydrogen (secondary N) is 1. The molecule has 27 heavy (non-hydrogen) atoms. The van der Waals surface area contributed by atoms with Crippen molar-refractivity contribution in [1.29, 1.82) is 0 Å². The number of hydrogen-bond acceptors (Lipinski definition) is 7. The highest BCUT2D eigenvalue weighted by Gasteiger charge is 2.21. The number of nitro groups is 1. The molecule has 0 saturated heterocycles. The van der Waals surface area contributed by atoms with Gasteiger partial charge in [-0.15, -0.1) is 0 Å². The van der Waals surface area contributed by atoms with Crippen LogP contribution in [0.5, 0.6) is 0 Å². The lowest BCUT2D eigenvalue weighted by Gasteiger charge is -2.10. The molecule has 0 unspecified atom stereocenters. The van der Waals surface area contributed by atoms with Crippen LogP contribution in [-0.4, -0.2) is 42.6 Å². The van der Waals surface area contributed by atoms with Gasteiger partial charge in [0.05, 0.1) is 20.0 Å². The molecule has 3 aromatic rings. The third kappa shape index (κ3) is 3.65. The third-order valence-corrected chi connectivity index (χ3v) is 6.45. The Labute approximate surface area is 158 Å². The monoisotopic (exact) mass is 406 g/mol. The molecule has 140 valence electrons. The number of rotatable bonds is 5. The molecular weight excluding hydrogens is 392 g/mol. The van der Waals surface area contributed by atoms with E-state index in [4.69, 9.17) is 0 Å². The molecule has 1 heterocycles. The zero-order valence-corrected chi connectivity index (χ0v) is 15.9. The Hall–Kier alpha value is -2.89. The molecule has 0 fully saturated rings.